The molecule has 0 amide bonds. The summed E-state index contributed by atoms with van der Waals surface area (Å²) in [5.41, 5.74) is 6.12. The van der Waals surface area contributed by atoms with Gasteiger partial charge >= 0.3 is 0 Å². The van der Waals surface area contributed by atoms with Gasteiger partial charge in [-0.3, -0.25) is 10.1 Å². The van der Waals surface area contributed by atoms with Crippen LogP contribution in [0.2, 0.25) is 0 Å². The molecule has 0 fully saturated rings. The maximum Gasteiger partial charge on any atom is 0.288 e. The third kappa shape index (κ3) is 3.32. The topological polar surface area (TPSA) is 94.1 Å². The van der Waals surface area contributed by atoms with Crippen molar-refractivity contribution in [3.63, 3.8) is 0 Å². The van der Waals surface area contributed by atoms with Gasteiger partial charge in [0.05, 0.1) is 4.92 Å². The number of nitro groups is 1. The van der Waals surface area contributed by atoms with E-state index in [-0.39, 0.29) is 5.69 Å². The zero-order chi connectivity index (χ0) is 12.0. The van der Waals surface area contributed by atoms with Crippen LogP contribution in [0.3, 0.4) is 0 Å². The van der Waals surface area contributed by atoms with Crippen LogP contribution in [-0.4, -0.2) is 23.5 Å². The van der Waals surface area contributed by atoms with Crippen LogP contribution in [-0.2, 0) is 0 Å². The molecule has 0 radical (unpaired) electrons. The maximum atomic E-state index is 10.5. The number of anilines is 1. The molecule has 0 atom stereocenters. The standard InChI is InChI=1S/C10H14N4O2/c1-12-5-3-2-4-8-6-9(14(15)16)7-13-10(8)11/h2,4,6-7,12H,3,5H2,1H3,(H2,11,13). The lowest BCUT2D eigenvalue weighted by molar-refractivity contribution is -0.385. The van der Waals surface area contributed by atoms with E-state index in [1.54, 1.807) is 6.08 Å². The Morgan fingerprint density at radius 2 is 2.44 bits per heavy atom. The van der Waals surface area contributed by atoms with Crippen molar-refractivity contribution < 1.29 is 4.92 Å². The van der Waals surface area contributed by atoms with Gasteiger partial charge in [0.25, 0.3) is 5.69 Å². The third-order valence-electron chi connectivity index (χ3n) is 2.00. The predicted octanol–water partition coefficient (Wildman–Crippen LogP) is 1.19. The molecule has 0 unspecified atom stereocenters. The number of nitrogens with two attached hydrogens (primary N) is 1. The first kappa shape index (κ1) is 12.1. The van der Waals surface area contributed by atoms with Crippen molar-refractivity contribution in [2.75, 3.05) is 19.3 Å². The molecule has 1 aromatic heterocycles. The molecule has 86 valence electrons. The Hall–Kier alpha value is -1.95. The summed E-state index contributed by atoms with van der Waals surface area (Å²) in [6, 6.07) is 1.41. The Morgan fingerprint density at radius 1 is 1.69 bits per heavy atom. The Morgan fingerprint density at radius 3 is 3.06 bits per heavy atom. The van der Waals surface area contributed by atoms with Crippen LogP contribution in [0.5, 0.6) is 0 Å². The van der Waals surface area contributed by atoms with E-state index < -0.39 is 4.92 Å². The summed E-state index contributed by atoms with van der Waals surface area (Å²) >= 11 is 0. The molecule has 0 saturated carbocycles. The highest BCUT2D eigenvalue weighted by molar-refractivity contribution is 5.63. The summed E-state index contributed by atoms with van der Waals surface area (Å²) in [5, 5.41) is 13.5. The summed E-state index contributed by atoms with van der Waals surface area (Å²) < 4.78 is 0. The van der Waals surface area contributed by atoms with Crippen LogP contribution >= 0.6 is 0 Å². The van der Waals surface area contributed by atoms with E-state index in [9.17, 15) is 10.1 Å². The molecule has 0 spiro atoms. The van der Waals surface area contributed by atoms with Crippen LogP contribution < -0.4 is 11.1 Å². The smallest absolute Gasteiger partial charge is 0.288 e. The minimum absolute atomic E-state index is 0.0533. The van der Waals surface area contributed by atoms with E-state index in [0.29, 0.717) is 11.4 Å². The Bertz CT molecular complexity index is 404. The SMILES string of the molecule is CNCCC=Cc1cc([N+](=O)[O-])cnc1N. The van der Waals surface area contributed by atoms with Gasteiger partial charge in [0.1, 0.15) is 12.0 Å². The van der Waals surface area contributed by atoms with Crippen LogP contribution in [0.4, 0.5) is 11.5 Å². The van der Waals surface area contributed by atoms with Gasteiger partial charge < -0.3 is 11.1 Å². The molecule has 0 saturated heterocycles. The zero-order valence-electron chi connectivity index (χ0n) is 9.01. The van der Waals surface area contributed by atoms with Crippen molar-refractivity contribution >= 4 is 17.6 Å². The minimum atomic E-state index is -0.489. The molecule has 0 aliphatic heterocycles. The Kier molecular flexibility index (Phi) is 4.41. The summed E-state index contributed by atoms with van der Waals surface area (Å²) in [6.07, 6.45) is 5.62. The normalized spacial score (nSPS) is 10.8. The predicted molar refractivity (Wildman–Crippen MR) is 62.9 cm³/mol. The first-order chi connectivity index (χ1) is 7.65. The molecule has 16 heavy (non-hydrogen) atoms. The molecule has 0 aliphatic carbocycles. The van der Waals surface area contributed by atoms with E-state index in [1.165, 1.54) is 6.07 Å². The molecule has 6 nitrogen and oxygen atoms in total. The van der Waals surface area contributed by atoms with Crippen molar-refractivity contribution in [1.82, 2.24) is 10.3 Å². The van der Waals surface area contributed by atoms with Crippen LogP contribution in [0.25, 0.3) is 6.08 Å². The monoisotopic (exact) mass is 222 g/mol. The van der Waals surface area contributed by atoms with Crippen molar-refractivity contribution in [1.29, 1.82) is 0 Å². The zero-order valence-corrected chi connectivity index (χ0v) is 9.01. The largest absolute Gasteiger partial charge is 0.383 e. The fourth-order valence-corrected chi connectivity index (χ4v) is 1.15. The first-order valence-electron chi connectivity index (χ1n) is 4.86. The van der Waals surface area contributed by atoms with Crippen LogP contribution in [0.15, 0.2) is 18.3 Å². The average molecular weight is 222 g/mol. The lowest BCUT2D eigenvalue weighted by atomic mass is 10.2. The third-order valence-corrected chi connectivity index (χ3v) is 2.00. The lowest BCUT2D eigenvalue weighted by Crippen LogP contribution is -2.05. The average Bonchev–Trinajstić information content (AvgIpc) is 2.26. The van der Waals surface area contributed by atoms with Crippen molar-refractivity contribution in [2.24, 2.45) is 0 Å². The van der Waals surface area contributed by atoms with E-state index in [1.807, 2.05) is 13.1 Å². The van der Waals surface area contributed by atoms with E-state index in [4.69, 9.17) is 5.73 Å². The Labute approximate surface area is 93.3 Å². The summed E-state index contributed by atoms with van der Waals surface area (Å²) in [5.74, 6) is 0.298. The molecule has 6 heteroatoms. The second kappa shape index (κ2) is 5.82. The molecular formula is C10H14N4O2. The van der Waals surface area contributed by atoms with Crippen LogP contribution in [0, 0.1) is 10.1 Å². The highest BCUT2D eigenvalue weighted by Crippen LogP contribution is 2.17. The molecule has 0 aliphatic rings. The van der Waals surface area contributed by atoms with Crippen molar-refractivity contribution in [2.45, 2.75) is 6.42 Å². The molecule has 1 heterocycles. The van der Waals surface area contributed by atoms with Gasteiger partial charge in [-0.15, -0.1) is 0 Å². The molecular weight excluding hydrogens is 208 g/mol. The van der Waals surface area contributed by atoms with Gasteiger partial charge in [0.2, 0.25) is 0 Å². The second-order valence-electron chi connectivity index (χ2n) is 3.22. The molecule has 0 aromatic carbocycles. The van der Waals surface area contributed by atoms with Gasteiger partial charge in [-0.05, 0) is 20.0 Å². The van der Waals surface area contributed by atoms with Gasteiger partial charge in [-0.2, -0.15) is 0 Å². The van der Waals surface area contributed by atoms with Crippen molar-refractivity contribution in [3.8, 4) is 0 Å². The molecule has 0 bridgehead atoms. The summed E-state index contributed by atoms with van der Waals surface area (Å²) in [7, 11) is 1.86. The number of pyridine rings is 1. The van der Waals surface area contributed by atoms with Gasteiger partial charge in [-0.25, -0.2) is 4.98 Å². The van der Waals surface area contributed by atoms with Crippen LogP contribution in [0.1, 0.15) is 12.0 Å². The van der Waals surface area contributed by atoms with E-state index in [2.05, 4.69) is 10.3 Å². The quantitative estimate of drug-likeness (QED) is 0.443. The summed E-state index contributed by atoms with van der Waals surface area (Å²) in [6.45, 7) is 0.846. The highest BCUT2D eigenvalue weighted by atomic mass is 16.6. The number of hydrogen-bond acceptors (Lipinski definition) is 5. The van der Waals surface area contributed by atoms with E-state index >= 15 is 0 Å². The summed E-state index contributed by atoms with van der Waals surface area (Å²) in [4.78, 5) is 13.8. The number of aromatic nitrogens is 1. The van der Waals surface area contributed by atoms with Gasteiger partial charge in [0.15, 0.2) is 0 Å². The van der Waals surface area contributed by atoms with Gasteiger partial charge in [0, 0.05) is 11.6 Å². The Balaban J connectivity index is 2.82. The molecule has 1 rings (SSSR count). The fraction of sp³-hybridized carbons (Fsp3) is 0.300. The lowest BCUT2D eigenvalue weighted by Gasteiger charge is -1.99. The minimum Gasteiger partial charge on any atom is -0.383 e. The first-order valence-corrected chi connectivity index (χ1v) is 4.86. The molecule has 3 N–H and O–H groups in total. The number of nitrogens with one attached hydrogen (secondary N) is 1. The second-order valence-corrected chi connectivity index (χ2v) is 3.22. The highest BCUT2D eigenvalue weighted by Gasteiger charge is 2.08. The van der Waals surface area contributed by atoms with Gasteiger partial charge in [-0.1, -0.05) is 12.2 Å². The van der Waals surface area contributed by atoms with E-state index in [0.717, 1.165) is 19.2 Å². The number of hydrogen-bond donors (Lipinski definition) is 2. The fourth-order valence-electron chi connectivity index (χ4n) is 1.15. The van der Waals surface area contributed by atoms with Crippen molar-refractivity contribution in [3.05, 3.63) is 34.0 Å². The number of nitrogens with zero attached hydrogens (tertiary/aromatic N) is 2. The molecule has 1 aromatic rings. The number of rotatable bonds is 5. The number of nitrogen functional groups attached to an aromatic ring is 1. The maximum absolute atomic E-state index is 10.5.